The number of hydrogen-bond acceptors (Lipinski definition) is 6. The monoisotopic (exact) mass is 383 g/mol. The molecule has 3 heterocycles. The van der Waals surface area contributed by atoms with Crippen molar-refractivity contribution >= 4 is 5.69 Å². The molecule has 2 aliphatic rings. The molecule has 3 aromatic rings. The number of aryl methyl sites for hydroxylation is 1. The van der Waals surface area contributed by atoms with Crippen LogP contribution < -0.4 is 10.5 Å². The van der Waals surface area contributed by atoms with Crippen molar-refractivity contribution in [3.8, 4) is 29.0 Å². The minimum atomic E-state index is 0.357. The number of anilines is 1. The number of nitrogens with zero attached hydrogens (tertiary/aromatic N) is 4. The van der Waals surface area contributed by atoms with Gasteiger partial charge in [-0.3, -0.25) is 9.97 Å². The van der Waals surface area contributed by atoms with E-state index in [0.29, 0.717) is 34.7 Å². The average Bonchev–Trinajstić information content (AvgIpc) is 3.63. The Kier molecular flexibility index (Phi) is 4.17. The molecule has 0 unspecified atom stereocenters. The molecule has 0 amide bonds. The SMILES string of the molecule is Cc1cc(C2CC2)nc(C2CC2)c1Oc1nc(-c2cncc(C#N)c2)ccc1N. The van der Waals surface area contributed by atoms with Gasteiger partial charge in [0.05, 0.1) is 22.6 Å². The second-order valence-corrected chi connectivity index (χ2v) is 7.89. The number of pyridine rings is 3. The smallest absolute Gasteiger partial charge is 0.243 e. The molecule has 0 radical (unpaired) electrons. The zero-order chi connectivity index (χ0) is 20.0. The molecule has 0 saturated heterocycles. The molecule has 0 atom stereocenters. The lowest BCUT2D eigenvalue weighted by Crippen LogP contribution is -2.03. The van der Waals surface area contributed by atoms with Crippen LogP contribution in [0.5, 0.6) is 11.6 Å². The number of nitrogens with two attached hydrogens (primary N) is 1. The minimum absolute atomic E-state index is 0.357. The summed E-state index contributed by atoms with van der Waals surface area (Å²) < 4.78 is 6.26. The number of ether oxygens (including phenoxy) is 1. The van der Waals surface area contributed by atoms with Crippen LogP contribution in [0.3, 0.4) is 0 Å². The molecule has 6 nitrogen and oxygen atoms in total. The van der Waals surface area contributed by atoms with Crippen molar-refractivity contribution in [2.75, 3.05) is 5.73 Å². The van der Waals surface area contributed by atoms with Crippen molar-refractivity contribution in [3.05, 3.63) is 59.2 Å². The molecular formula is C23H21N5O. The van der Waals surface area contributed by atoms with Crippen LogP contribution in [-0.4, -0.2) is 15.0 Å². The van der Waals surface area contributed by atoms with Crippen molar-refractivity contribution in [1.82, 2.24) is 15.0 Å². The summed E-state index contributed by atoms with van der Waals surface area (Å²) in [7, 11) is 0. The molecule has 0 spiro atoms. The first-order valence-corrected chi connectivity index (χ1v) is 9.93. The highest BCUT2D eigenvalue weighted by Crippen LogP contribution is 2.48. The van der Waals surface area contributed by atoms with Crippen LogP contribution in [0, 0.1) is 18.3 Å². The van der Waals surface area contributed by atoms with E-state index in [0.717, 1.165) is 35.4 Å². The Morgan fingerprint density at radius 1 is 1.07 bits per heavy atom. The van der Waals surface area contributed by atoms with E-state index in [9.17, 15) is 0 Å². The lowest BCUT2D eigenvalue weighted by molar-refractivity contribution is 0.452. The van der Waals surface area contributed by atoms with E-state index in [1.54, 1.807) is 18.3 Å². The molecule has 5 rings (SSSR count). The third kappa shape index (κ3) is 3.52. The maximum atomic E-state index is 9.13. The molecule has 3 aromatic heterocycles. The Balaban J connectivity index is 1.53. The van der Waals surface area contributed by atoms with Crippen LogP contribution >= 0.6 is 0 Å². The van der Waals surface area contributed by atoms with E-state index in [2.05, 4.69) is 29.0 Å². The number of nitrogen functional groups attached to an aromatic ring is 1. The molecule has 2 aliphatic carbocycles. The van der Waals surface area contributed by atoms with Crippen molar-refractivity contribution in [1.29, 1.82) is 5.26 Å². The van der Waals surface area contributed by atoms with E-state index >= 15 is 0 Å². The highest BCUT2D eigenvalue weighted by atomic mass is 16.5. The van der Waals surface area contributed by atoms with E-state index in [4.69, 9.17) is 20.7 Å². The zero-order valence-electron chi connectivity index (χ0n) is 16.2. The lowest BCUT2D eigenvalue weighted by Gasteiger charge is -2.16. The number of rotatable bonds is 5. The Bertz CT molecular complexity index is 1140. The minimum Gasteiger partial charge on any atom is -0.435 e. The molecule has 29 heavy (non-hydrogen) atoms. The summed E-state index contributed by atoms with van der Waals surface area (Å²) >= 11 is 0. The van der Waals surface area contributed by atoms with Crippen molar-refractivity contribution < 1.29 is 4.74 Å². The van der Waals surface area contributed by atoms with Crippen LogP contribution in [-0.2, 0) is 0 Å². The first kappa shape index (κ1) is 17.6. The van der Waals surface area contributed by atoms with Gasteiger partial charge < -0.3 is 10.5 Å². The summed E-state index contributed by atoms with van der Waals surface area (Å²) in [5.74, 6) is 2.20. The summed E-state index contributed by atoms with van der Waals surface area (Å²) in [6.07, 6.45) is 7.94. The molecule has 144 valence electrons. The van der Waals surface area contributed by atoms with Gasteiger partial charge in [-0.05, 0) is 62.4 Å². The first-order chi connectivity index (χ1) is 14.1. The molecule has 6 heteroatoms. The highest BCUT2D eigenvalue weighted by molar-refractivity contribution is 5.64. The predicted molar refractivity (Wildman–Crippen MR) is 110 cm³/mol. The Hall–Kier alpha value is -3.46. The maximum Gasteiger partial charge on any atom is 0.243 e. The van der Waals surface area contributed by atoms with Gasteiger partial charge in [-0.15, -0.1) is 0 Å². The van der Waals surface area contributed by atoms with Gasteiger partial charge in [0, 0.05) is 35.5 Å². The quantitative estimate of drug-likeness (QED) is 0.676. The van der Waals surface area contributed by atoms with Crippen LogP contribution in [0.1, 0.15) is 60.0 Å². The van der Waals surface area contributed by atoms with Crippen molar-refractivity contribution in [3.63, 3.8) is 0 Å². The van der Waals surface area contributed by atoms with E-state index in [1.807, 2.05) is 6.07 Å². The van der Waals surface area contributed by atoms with E-state index < -0.39 is 0 Å². The third-order valence-electron chi connectivity index (χ3n) is 5.42. The fourth-order valence-electron chi connectivity index (χ4n) is 3.50. The molecule has 2 saturated carbocycles. The molecule has 0 bridgehead atoms. The zero-order valence-corrected chi connectivity index (χ0v) is 16.2. The van der Waals surface area contributed by atoms with Gasteiger partial charge in [0.25, 0.3) is 0 Å². The van der Waals surface area contributed by atoms with E-state index in [-0.39, 0.29) is 0 Å². The van der Waals surface area contributed by atoms with Gasteiger partial charge in [0.1, 0.15) is 6.07 Å². The Morgan fingerprint density at radius 3 is 2.59 bits per heavy atom. The molecule has 2 fully saturated rings. The second kappa shape index (κ2) is 6.85. The summed E-state index contributed by atoms with van der Waals surface area (Å²) in [5.41, 5.74) is 11.8. The van der Waals surface area contributed by atoms with Crippen LogP contribution in [0.25, 0.3) is 11.3 Å². The second-order valence-electron chi connectivity index (χ2n) is 7.89. The van der Waals surface area contributed by atoms with Gasteiger partial charge in [-0.1, -0.05) is 0 Å². The van der Waals surface area contributed by atoms with Crippen molar-refractivity contribution in [2.24, 2.45) is 0 Å². The molecule has 0 aromatic carbocycles. The molecule has 0 aliphatic heterocycles. The molecular weight excluding hydrogens is 362 g/mol. The third-order valence-corrected chi connectivity index (χ3v) is 5.42. The highest BCUT2D eigenvalue weighted by Gasteiger charge is 2.33. The normalized spacial score (nSPS) is 15.7. The number of aromatic nitrogens is 3. The number of nitriles is 1. The summed E-state index contributed by atoms with van der Waals surface area (Å²) in [6, 6.07) is 9.57. The van der Waals surface area contributed by atoms with Crippen LogP contribution in [0.4, 0.5) is 5.69 Å². The summed E-state index contributed by atoms with van der Waals surface area (Å²) in [4.78, 5) is 13.7. The van der Waals surface area contributed by atoms with Gasteiger partial charge in [-0.2, -0.15) is 5.26 Å². The van der Waals surface area contributed by atoms with Gasteiger partial charge in [-0.25, -0.2) is 4.98 Å². The van der Waals surface area contributed by atoms with Gasteiger partial charge in [0.15, 0.2) is 5.75 Å². The number of hydrogen-bond donors (Lipinski definition) is 1. The fourth-order valence-corrected chi connectivity index (χ4v) is 3.50. The summed E-state index contributed by atoms with van der Waals surface area (Å²) in [5, 5.41) is 9.13. The maximum absolute atomic E-state index is 9.13. The average molecular weight is 383 g/mol. The van der Waals surface area contributed by atoms with Gasteiger partial charge in [0.2, 0.25) is 5.88 Å². The Labute approximate surface area is 169 Å². The van der Waals surface area contributed by atoms with Crippen molar-refractivity contribution in [2.45, 2.75) is 44.4 Å². The van der Waals surface area contributed by atoms with Crippen LogP contribution in [0.2, 0.25) is 0 Å². The molecule has 2 N–H and O–H groups in total. The van der Waals surface area contributed by atoms with E-state index in [1.165, 1.54) is 24.7 Å². The standard InChI is InChI=1S/C23H21N5O/c1-13-8-20(15-2-3-15)27-21(16-4-5-16)22(13)29-23-18(25)6-7-19(28-23)17-9-14(10-24)11-26-12-17/h6-9,11-12,15-16H,2-5,25H2,1H3. The lowest BCUT2D eigenvalue weighted by atomic mass is 10.1. The fraction of sp³-hybridized carbons (Fsp3) is 0.304. The topological polar surface area (TPSA) is 97.7 Å². The largest absolute Gasteiger partial charge is 0.435 e. The van der Waals surface area contributed by atoms with Crippen LogP contribution in [0.15, 0.2) is 36.7 Å². The van der Waals surface area contributed by atoms with Gasteiger partial charge >= 0.3 is 0 Å². The predicted octanol–water partition coefficient (Wildman–Crippen LogP) is 4.85. The Morgan fingerprint density at radius 2 is 1.86 bits per heavy atom. The first-order valence-electron chi connectivity index (χ1n) is 9.93. The summed E-state index contributed by atoms with van der Waals surface area (Å²) in [6.45, 7) is 2.06.